The monoisotopic (exact) mass is 145 g/mol. The second-order valence-corrected chi connectivity index (χ2v) is 2.20. The van der Waals surface area contributed by atoms with Crippen LogP contribution in [0.25, 0.3) is 0 Å². The second-order valence-electron chi connectivity index (χ2n) is 2.20. The number of urea groups is 1. The lowest BCUT2D eigenvalue weighted by atomic mass is 10.3. The molecular weight excluding hydrogens is 130 g/mol. The Morgan fingerprint density at radius 1 is 1.70 bits per heavy atom. The number of rotatable bonds is 4. The second kappa shape index (κ2) is 5.05. The quantitative estimate of drug-likeness (QED) is 0.506. The van der Waals surface area contributed by atoms with E-state index in [1.807, 2.05) is 13.8 Å². The van der Waals surface area contributed by atoms with Gasteiger partial charge in [-0.3, -0.25) is 0 Å². The zero-order valence-electron chi connectivity index (χ0n) is 6.48. The molecule has 0 aromatic carbocycles. The Balaban J connectivity index is 3.21. The molecule has 10 heavy (non-hydrogen) atoms. The summed E-state index contributed by atoms with van der Waals surface area (Å²) in [7, 11) is 0. The van der Waals surface area contributed by atoms with E-state index in [0.29, 0.717) is 6.54 Å². The Labute approximate surface area is 61.2 Å². The number of nitrogens with one attached hydrogen (secondary N) is 2. The molecule has 0 rings (SSSR count). The van der Waals surface area contributed by atoms with Crippen LogP contribution >= 0.6 is 0 Å². The Morgan fingerprint density at radius 2 is 2.30 bits per heavy atom. The summed E-state index contributed by atoms with van der Waals surface area (Å²) in [5, 5.41) is 5.64. The van der Waals surface area contributed by atoms with Crippen LogP contribution in [0.15, 0.2) is 0 Å². The van der Waals surface area contributed by atoms with Crippen molar-refractivity contribution in [3.8, 4) is 0 Å². The van der Waals surface area contributed by atoms with Crippen LogP contribution in [0, 0.1) is 0 Å². The van der Waals surface area contributed by atoms with Gasteiger partial charge in [-0.15, -0.1) is 0 Å². The van der Waals surface area contributed by atoms with Gasteiger partial charge in [-0.2, -0.15) is 0 Å². The Bertz CT molecular complexity index is 105. The van der Waals surface area contributed by atoms with Gasteiger partial charge in [0.1, 0.15) is 0 Å². The molecule has 0 aliphatic heterocycles. The third kappa shape index (κ3) is 5.37. The van der Waals surface area contributed by atoms with Gasteiger partial charge in [-0.1, -0.05) is 6.92 Å². The van der Waals surface area contributed by atoms with E-state index in [4.69, 9.17) is 5.73 Å². The molecule has 0 unspecified atom stereocenters. The fourth-order valence-corrected chi connectivity index (χ4v) is 0.674. The summed E-state index contributed by atoms with van der Waals surface area (Å²) in [5.74, 6) is 0. The van der Waals surface area contributed by atoms with Crippen molar-refractivity contribution in [3.05, 3.63) is 0 Å². The number of amides is 2. The first kappa shape index (κ1) is 9.23. The summed E-state index contributed by atoms with van der Waals surface area (Å²) < 4.78 is 0. The van der Waals surface area contributed by atoms with Crippen molar-refractivity contribution in [2.24, 2.45) is 5.73 Å². The van der Waals surface area contributed by atoms with Crippen molar-refractivity contribution < 1.29 is 4.79 Å². The summed E-state index contributed by atoms with van der Waals surface area (Å²) in [5.41, 5.74) is 4.86. The molecule has 60 valence electrons. The number of primary amides is 1. The third-order valence-electron chi connectivity index (χ3n) is 1.14. The van der Waals surface area contributed by atoms with Gasteiger partial charge >= 0.3 is 6.03 Å². The van der Waals surface area contributed by atoms with Crippen LogP contribution in [0.3, 0.4) is 0 Å². The summed E-state index contributed by atoms with van der Waals surface area (Å²) in [4.78, 5) is 10.2. The number of hydrogen-bond donors (Lipinski definition) is 3. The highest BCUT2D eigenvalue weighted by molar-refractivity contribution is 5.71. The van der Waals surface area contributed by atoms with Gasteiger partial charge in [0.15, 0.2) is 0 Å². The topological polar surface area (TPSA) is 67.2 Å². The van der Waals surface area contributed by atoms with E-state index < -0.39 is 6.03 Å². The van der Waals surface area contributed by atoms with Gasteiger partial charge in [0.05, 0.1) is 0 Å². The number of carbonyl (C=O) groups is 1. The molecule has 4 nitrogen and oxygen atoms in total. The van der Waals surface area contributed by atoms with Gasteiger partial charge in [0.2, 0.25) is 0 Å². The molecule has 4 heteroatoms. The van der Waals surface area contributed by atoms with Crippen molar-refractivity contribution in [1.29, 1.82) is 0 Å². The van der Waals surface area contributed by atoms with Crippen molar-refractivity contribution in [2.75, 3.05) is 13.1 Å². The van der Waals surface area contributed by atoms with Gasteiger partial charge in [0.25, 0.3) is 0 Å². The molecule has 0 heterocycles. The molecule has 1 atom stereocenters. The molecule has 0 radical (unpaired) electrons. The summed E-state index contributed by atoms with van der Waals surface area (Å²) in [6.07, 6.45) is 0. The number of likely N-dealkylation sites (N-methyl/N-ethyl adjacent to an activating group) is 1. The predicted octanol–water partition coefficient (Wildman–Crippen LogP) is -0.347. The van der Waals surface area contributed by atoms with Crippen LogP contribution in [0.5, 0.6) is 0 Å². The maximum atomic E-state index is 10.2. The fourth-order valence-electron chi connectivity index (χ4n) is 0.674. The zero-order chi connectivity index (χ0) is 7.98. The highest BCUT2D eigenvalue weighted by Crippen LogP contribution is 1.75. The smallest absolute Gasteiger partial charge is 0.312 e. The molecule has 0 saturated carbocycles. The molecule has 0 fully saturated rings. The Morgan fingerprint density at radius 3 is 2.70 bits per heavy atom. The summed E-state index contributed by atoms with van der Waals surface area (Å²) in [6.45, 7) is 5.49. The average molecular weight is 145 g/mol. The van der Waals surface area contributed by atoms with Crippen LogP contribution in [-0.4, -0.2) is 25.2 Å². The van der Waals surface area contributed by atoms with E-state index >= 15 is 0 Å². The largest absolute Gasteiger partial charge is 0.352 e. The average Bonchev–Trinajstić information content (AvgIpc) is 1.85. The van der Waals surface area contributed by atoms with E-state index in [0.717, 1.165) is 6.54 Å². The van der Waals surface area contributed by atoms with Crippen molar-refractivity contribution in [2.45, 2.75) is 19.9 Å². The molecule has 0 bridgehead atoms. The minimum absolute atomic E-state index is 0.289. The minimum atomic E-state index is -0.468. The van der Waals surface area contributed by atoms with Crippen LogP contribution in [0.1, 0.15) is 13.8 Å². The van der Waals surface area contributed by atoms with Crippen LogP contribution in [0.4, 0.5) is 4.79 Å². The number of hydrogen-bond acceptors (Lipinski definition) is 2. The normalized spacial score (nSPS) is 12.6. The summed E-state index contributed by atoms with van der Waals surface area (Å²) in [6, 6.07) is -0.178. The van der Waals surface area contributed by atoms with E-state index in [-0.39, 0.29) is 6.04 Å². The highest BCUT2D eigenvalue weighted by atomic mass is 16.2. The molecule has 0 aliphatic carbocycles. The minimum Gasteiger partial charge on any atom is -0.352 e. The standard InChI is InChI=1S/C6H15N3O/c1-3-8-5(2)4-9-6(7)10/h5,8H,3-4H2,1-2H3,(H3,7,9,10)/t5-/m1/s1. The van der Waals surface area contributed by atoms with Gasteiger partial charge < -0.3 is 16.4 Å². The molecule has 0 saturated heterocycles. The molecule has 0 aromatic rings. The van der Waals surface area contributed by atoms with E-state index in [2.05, 4.69) is 10.6 Å². The van der Waals surface area contributed by atoms with Gasteiger partial charge in [-0.05, 0) is 13.5 Å². The molecule has 0 aromatic heterocycles. The number of nitrogens with two attached hydrogens (primary N) is 1. The maximum absolute atomic E-state index is 10.2. The molecule has 0 spiro atoms. The predicted molar refractivity (Wildman–Crippen MR) is 40.7 cm³/mol. The fraction of sp³-hybridized carbons (Fsp3) is 0.833. The Kier molecular flexibility index (Phi) is 4.66. The zero-order valence-corrected chi connectivity index (χ0v) is 6.48. The first-order valence-corrected chi connectivity index (χ1v) is 3.43. The molecule has 0 aliphatic rings. The molecule has 4 N–H and O–H groups in total. The highest BCUT2D eigenvalue weighted by Gasteiger charge is 1.98. The lowest BCUT2D eigenvalue weighted by Gasteiger charge is -2.11. The number of carbonyl (C=O) groups excluding carboxylic acids is 1. The molecular formula is C6H15N3O. The molecule has 2 amide bonds. The van der Waals surface area contributed by atoms with E-state index in [1.54, 1.807) is 0 Å². The first-order valence-electron chi connectivity index (χ1n) is 3.43. The Hall–Kier alpha value is -0.770. The SMILES string of the molecule is CCN[C@H](C)CNC(N)=O. The van der Waals surface area contributed by atoms with Crippen molar-refractivity contribution in [3.63, 3.8) is 0 Å². The summed E-state index contributed by atoms with van der Waals surface area (Å²) >= 11 is 0. The van der Waals surface area contributed by atoms with Crippen molar-refractivity contribution in [1.82, 2.24) is 10.6 Å². The maximum Gasteiger partial charge on any atom is 0.312 e. The first-order chi connectivity index (χ1) is 4.66. The lowest BCUT2D eigenvalue weighted by molar-refractivity contribution is 0.248. The van der Waals surface area contributed by atoms with Gasteiger partial charge in [0, 0.05) is 12.6 Å². The van der Waals surface area contributed by atoms with Crippen LogP contribution < -0.4 is 16.4 Å². The van der Waals surface area contributed by atoms with Crippen LogP contribution in [0.2, 0.25) is 0 Å². The van der Waals surface area contributed by atoms with Crippen LogP contribution in [-0.2, 0) is 0 Å². The van der Waals surface area contributed by atoms with E-state index in [9.17, 15) is 4.79 Å². The van der Waals surface area contributed by atoms with Crippen molar-refractivity contribution >= 4 is 6.03 Å². The lowest BCUT2D eigenvalue weighted by Crippen LogP contribution is -2.40. The van der Waals surface area contributed by atoms with E-state index in [1.165, 1.54) is 0 Å². The third-order valence-corrected chi connectivity index (χ3v) is 1.14. The van der Waals surface area contributed by atoms with Gasteiger partial charge in [-0.25, -0.2) is 4.79 Å².